The third-order valence-corrected chi connectivity index (χ3v) is 8.91. The fraction of sp³-hybridized carbons (Fsp3) is 0.594. The number of rotatable bonds is 9. The van der Waals surface area contributed by atoms with Crippen LogP contribution in [0.2, 0.25) is 0 Å². The molecule has 33 heavy (non-hydrogen) atoms. The average Bonchev–Trinajstić information content (AvgIpc) is 3.62. The second kappa shape index (κ2) is 10.6. The Bertz CT molecular complexity index is 912. The van der Waals surface area contributed by atoms with Crippen LogP contribution in [0.5, 0.6) is 0 Å². The van der Waals surface area contributed by atoms with E-state index in [9.17, 15) is 0 Å². The molecule has 3 fully saturated rings. The summed E-state index contributed by atoms with van der Waals surface area (Å²) in [6.07, 6.45) is 30.8. The lowest BCUT2D eigenvalue weighted by Crippen LogP contribution is -2.34. The molecule has 0 heterocycles. The lowest BCUT2D eigenvalue weighted by molar-refractivity contribution is 0.170. The Kier molecular flexibility index (Phi) is 7.39. The average molecular weight is 442 g/mol. The maximum absolute atomic E-state index is 4.34. The highest BCUT2D eigenvalue weighted by Gasteiger charge is 2.40. The molecule has 5 rings (SSSR count). The first-order chi connectivity index (χ1) is 16.2. The fourth-order valence-corrected chi connectivity index (χ4v) is 6.47. The zero-order valence-corrected chi connectivity index (χ0v) is 20.7. The summed E-state index contributed by atoms with van der Waals surface area (Å²) in [6, 6.07) is 0.754. The Morgan fingerprint density at radius 2 is 2.00 bits per heavy atom. The summed E-state index contributed by atoms with van der Waals surface area (Å²) >= 11 is 0. The smallest absolute Gasteiger partial charge is 0.0143 e. The number of hydrogen-bond acceptors (Lipinski definition) is 1. The molecule has 1 N–H and O–H groups in total. The molecule has 4 unspecified atom stereocenters. The van der Waals surface area contributed by atoms with E-state index >= 15 is 0 Å². The van der Waals surface area contributed by atoms with Crippen molar-refractivity contribution in [1.29, 1.82) is 0 Å². The lowest BCUT2D eigenvalue weighted by Gasteiger charge is -2.36. The normalized spacial score (nSPS) is 34.2. The summed E-state index contributed by atoms with van der Waals surface area (Å²) in [5, 5.41) is 3.87. The van der Waals surface area contributed by atoms with Gasteiger partial charge in [0.25, 0.3) is 0 Å². The van der Waals surface area contributed by atoms with Crippen molar-refractivity contribution in [3.05, 3.63) is 77.1 Å². The molecule has 5 aliphatic rings. The zero-order chi connectivity index (χ0) is 22.6. The molecule has 0 aromatic heterocycles. The second-order valence-electron chi connectivity index (χ2n) is 11.4. The van der Waals surface area contributed by atoms with Gasteiger partial charge in [-0.1, -0.05) is 62.0 Å². The van der Waals surface area contributed by atoms with Crippen LogP contribution in [0.25, 0.3) is 0 Å². The third kappa shape index (κ3) is 5.82. The maximum Gasteiger partial charge on any atom is 0.0143 e. The summed E-state index contributed by atoms with van der Waals surface area (Å²) < 4.78 is 0. The third-order valence-electron chi connectivity index (χ3n) is 8.91. The highest BCUT2D eigenvalue weighted by molar-refractivity contribution is 5.39. The Balaban J connectivity index is 0.988. The van der Waals surface area contributed by atoms with Crippen LogP contribution in [0, 0.1) is 29.6 Å². The minimum Gasteiger partial charge on any atom is -0.313 e. The van der Waals surface area contributed by atoms with Crippen molar-refractivity contribution in [3.8, 4) is 0 Å². The van der Waals surface area contributed by atoms with Crippen molar-refractivity contribution >= 4 is 0 Å². The SMILES string of the molecule is C=C1CCCCC1C1=C=CC=C(C(C)CCC2CC(CNC3CC3C3=CCCC=C3)C2)C=C1. The first-order valence-electron chi connectivity index (χ1n) is 13.8. The monoisotopic (exact) mass is 441 g/mol. The van der Waals surface area contributed by atoms with E-state index in [4.69, 9.17) is 0 Å². The largest absolute Gasteiger partial charge is 0.313 e. The molecule has 1 heteroatoms. The van der Waals surface area contributed by atoms with Crippen LogP contribution in [0.3, 0.4) is 0 Å². The first kappa shape index (κ1) is 22.9. The standard InChI is InChI=1S/C32H43N/c1-23(27-12-8-13-29(18-17-27)30-14-7-6-9-24(30)2)15-16-25-19-26(20-25)22-33-32-21-31(32)28-10-4-3-5-11-28/h4,8,10-12,17-18,23,25-26,30-33H,2-3,5-7,9,14-16,19-22H2,1H3. The maximum atomic E-state index is 4.34. The van der Waals surface area contributed by atoms with Crippen LogP contribution < -0.4 is 5.32 Å². The quantitative estimate of drug-likeness (QED) is 0.282. The summed E-state index contributed by atoms with van der Waals surface area (Å²) in [5.41, 5.74) is 9.40. The van der Waals surface area contributed by atoms with Crippen molar-refractivity contribution in [2.75, 3.05) is 6.54 Å². The zero-order valence-electron chi connectivity index (χ0n) is 20.7. The van der Waals surface area contributed by atoms with Crippen LogP contribution in [0.1, 0.15) is 77.6 Å². The molecule has 3 saturated carbocycles. The Hall–Kier alpha value is -1.82. The van der Waals surface area contributed by atoms with Crippen molar-refractivity contribution in [2.24, 2.45) is 29.6 Å². The van der Waals surface area contributed by atoms with Gasteiger partial charge in [-0.3, -0.25) is 0 Å². The predicted octanol–water partition coefficient (Wildman–Crippen LogP) is 8.01. The molecule has 176 valence electrons. The van der Waals surface area contributed by atoms with Crippen LogP contribution >= 0.6 is 0 Å². The van der Waals surface area contributed by atoms with Gasteiger partial charge in [-0.05, 0) is 106 Å². The first-order valence-corrected chi connectivity index (χ1v) is 13.8. The van der Waals surface area contributed by atoms with Gasteiger partial charge in [0.15, 0.2) is 0 Å². The Labute approximate surface area is 202 Å². The van der Waals surface area contributed by atoms with Gasteiger partial charge in [-0.25, -0.2) is 0 Å². The summed E-state index contributed by atoms with van der Waals surface area (Å²) in [6.45, 7) is 7.99. The number of hydrogen-bond donors (Lipinski definition) is 1. The van der Waals surface area contributed by atoms with E-state index in [0.29, 0.717) is 11.8 Å². The summed E-state index contributed by atoms with van der Waals surface area (Å²) in [7, 11) is 0. The van der Waals surface area contributed by atoms with E-state index in [-0.39, 0.29) is 0 Å². The Morgan fingerprint density at radius 1 is 1.09 bits per heavy atom. The van der Waals surface area contributed by atoms with Crippen LogP contribution in [0.4, 0.5) is 0 Å². The molecule has 4 atom stereocenters. The van der Waals surface area contributed by atoms with Crippen LogP contribution in [-0.2, 0) is 0 Å². The molecular formula is C32H43N. The molecule has 0 amide bonds. The minimum absolute atomic E-state index is 0.525. The van der Waals surface area contributed by atoms with E-state index in [2.05, 4.69) is 67.1 Å². The minimum atomic E-state index is 0.525. The summed E-state index contributed by atoms with van der Waals surface area (Å²) in [4.78, 5) is 0. The molecule has 0 bridgehead atoms. The number of nitrogens with one attached hydrogen (secondary N) is 1. The van der Waals surface area contributed by atoms with E-state index < -0.39 is 0 Å². The molecule has 0 saturated heterocycles. The molecule has 1 nitrogen and oxygen atoms in total. The van der Waals surface area contributed by atoms with Gasteiger partial charge in [0.2, 0.25) is 0 Å². The van der Waals surface area contributed by atoms with Gasteiger partial charge in [0.1, 0.15) is 0 Å². The van der Waals surface area contributed by atoms with Gasteiger partial charge in [-0.15, -0.1) is 5.73 Å². The Morgan fingerprint density at radius 3 is 2.82 bits per heavy atom. The van der Waals surface area contributed by atoms with Crippen molar-refractivity contribution in [1.82, 2.24) is 5.32 Å². The van der Waals surface area contributed by atoms with E-state index in [0.717, 1.165) is 23.8 Å². The van der Waals surface area contributed by atoms with Crippen molar-refractivity contribution in [3.63, 3.8) is 0 Å². The molecule has 0 aliphatic heterocycles. The highest BCUT2D eigenvalue weighted by atomic mass is 15.0. The van der Waals surface area contributed by atoms with Crippen LogP contribution in [0.15, 0.2) is 77.1 Å². The highest BCUT2D eigenvalue weighted by Crippen LogP contribution is 2.42. The van der Waals surface area contributed by atoms with E-state index in [1.165, 1.54) is 93.9 Å². The van der Waals surface area contributed by atoms with Gasteiger partial charge < -0.3 is 5.32 Å². The molecule has 0 aromatic carbocycles. The topological polar surface area (TPSA) is 12.0 Å². The number of allylic oxidation sites excluding steroid dienone is 9. The van der Waals surface area contributed by atoms with Gasteiger partial charge >= 0.3 is 0 Å². The molecule has 0 spiro atoms. The molecular weight excluding hydrogens is 398 g/mol. The van der Waals surface area contributed by atoms with Crippen molar-refractivity contribution < 1.29 is 0 Å². The van der Waals surface area contributed by atoms with Gasteiger partial charge in [0.05, 0.1) is 0 Å². The predicted molar refractivity (Wildman–Crippen MR) is 141 cm³/mol. The van der Waals surface area contributed by atoms with E-state index in [1.54, 1.807) is 5.57 Å². The summed E-state index contributed by atoms with van der Waals surface area (Å²) in [5.74, 6) is 3.83. The van der Waals surface area contributed by atoms with Gasteiger partial charge in [-0.2, -0.15) is 0 Å². The van der Waals surface area contributed by atoms with Crippen LogP contribution in [-0.4, -0.2) is 12.6 Å². The van der Waals surface area contributed by atoms with Gasteiger partial charge in [0, 0.05) is 23.5 Å². The molecule has 0 radical (unpaired) electrons. The molecule has 5 aliphatic carbocycles. The van der Waals surface area contributed by atoms with Crippen molar-refractivity contribution in [2.45, 2.75) is 83.6 Å². The molecule has 0 aromatic rings. The lowest BCUT2D eigenvalue weighted by atomic mass is 9.71. The fourth-order valence-electron chi connectivity index (χ4n) is 6.47. The van der Waals surface area contributed by atoms with E-state index in [1.807, 2.05) is 0 Å². The second-order valence-corrected chi connectivity index (χ2v) is 11.4.